The number of hydrogen-bond donors (Lipinski definition) is 3. The van der Waals surface area contributed by atoms with Crippen LogP contribution in [0, 0.1) is 6.92 Å². The Morgan fingerprint density at radius 3 is 2.30 bits per heavy atom. The lowest BCUT2D eigenvalue weighted by Crippen LogP contribution is -2.20. The van der Waals surface area contributed by atoms with Crippen LogP contribution in [0.2, 0.25) is 0 Å². The number of aromatic nitrogens is 2. The van der Waals surface area contributed by atoms with Crippen LogP contribution in [0.1, 0.15) is 16.1 Å². The summed E-state index contributed by atoms with van der Waals surface area (Å²) in [4.78, 5) is 29.4. The van der Waals surface area contributed by atoms with Gasteiger partial charge in [0.25, 0.3) is 5.91 Å². The molecule has 4 aromatic rings. The SMILES string of the molecule is Cc1ccc(NC(=O)Nc2ccccc2)cc1NC(=O)c1nc(S(C)(=O)=O)n2ccccc12. The Balaban J connectivity index is 1.57. The first-order valence-corrected chi connectivity index (χ1v) is 11.8. The van der Waals surface area contributed by atoms with Crippen molar-refractivity contribution in [1.82, 2.24) is 9.38 Å². The number of nitrogens with one attached hydrogen (secondary N) is 3. The van der Waals surface area contributed by atoms with Crippen molar-refractivity contribution in [1.29, 1.82) is 0 Å². The van der Waals surface area contributed by atoms with E-state index >= 15 is 0 Å². The molecule has 9 nitrogen and oxygen atoms in total. The smallest absolute Gasteiger partial charge is 0.320 e. The minimum absolute atomic E-state index is 0.0180. The highest BCUT2D eigenvalue weighted by molar-refractivity contribution is 7.90. The minimum Gasteiger partial charge on any atom is -0.320 e. The Hall–Kier alpha value is -4.18. The van der Waals surface area contributed by atoms with Gasteiger partial charge in [0, 0.05) is 29.5 Å². The van der Waals surface area contributed by atoms with Crippen molar-refractivity contribution in [2.24, 2.45) is 0 Å². The fourth-order valence-electron chi connectivity index (χ4n) is 3.27. The van der Waals surface area contributed by atoms with Crippen molar-refractivity contribution in [2.45, 2.75) is 12.1 Å². The summed E-state index contributed by atoms with van der Waals surface area (Å²) in [5, 5.41) is 8.00. The molecule has 2 aromatic heterocycles. The topological polar surface area (TPSA) is 122 Å². The number of anilines is 3. The van der Waals surface area contributed by atoms with E-state index in [2.05, 4.69) is 20.9 Å². The predicted octanol–water partition coefficient (Wildman–Crippen LogP) is 3.94. The number of benzene rings is 2. The number of fused-ring (bicyclic) bond motifs is 1. The monoisotopic (exact) mass is 463 g/mol. The van der Waals surface area contributed by atoms with Crippen LogP contribution in [0.3, 0.4) is 0 Å². The Kier molecular flexibility index (Phi) is 5.84. The van der Waals surface area contributed by atoms with Crippen LogP contribution in [-0.2, 0) is 9.84 Å². The third-order valence-electron chi connectivity index (χ3n) is 4.84. The molecule has 0 aliphatic carbocycles. The van der Waals surface area contributed by atoms with E-state index in [1.54, 1.807) is 55.5 Å². The van der Waals surface area contributed by atoms with E-state index < -0.39 is 21.8 Å². The molecule has 10 heteroatoms. The Morgan fingerprint density at radius 2 is 1.58 bits per heavy atom. The summed E-state index contributed by atoms with van der Waals surface area (Å²) in [7, 11) is -3.65. The normalized spacial score (nSPS) is 11.2. The number of urea groups is 1. The van der Waals surface area contributed by atoms with Crippen LogP contribution in [0.5, 0.6) is 0 Å². The van der Waals surface area contributed by atoms with Crippen LogP contribution in [-0.4, -0.2) is 36.0 Å². The van der Waals surface area contributed by atoms with Crippen LogP contribution in [0.4, 0.5) is 21.9 Å². The van der Waals surface area contributed by atoms with Gasteiger partial charge in [0.15, 0.2) is 5.69 Å². The molecule has 2 heterocycles. The van der Waals surface area contributed by atoms with Crippen LogP contribution in [0.15, 0.2) is 78.1 Å². The fraction of sp³-hybridized carbons (Fsp3) is 0.0870. The second-order valence-corrected chi connectivity index (χ2v) is 9.31. The number of imidazole rings is 1. The van der Waals surface area contributed by atoms with E-state index in [0.717, 1.165) is 11.8 Å². The number of carbonyl (C=O) groups excluding carboxylic acids is 2. The molecule has 0 fully saturated rings. The summed E-state index contributed by atoms with van der Waals surface area (Å²) in [5.74, 6) is -0.567. The van der Waals surface area contributed by atoms with Crippen molar-refractivity contribution >= 4 is 44.4 Å². The van der Waals surface area contributed by atoms with E-state index in [1.165, 1.54) is 10.6 Å². The highest BCUT2D eigenvalue weighted by Crippen LogP contribution is 2.23. The molecule has 0 unspecified atom stereocenters. The van der Waals surface area contributed by atoms with Gasteiger partial charge in [-0.25, -0.2) is 18.2 Å². The third kappa shape index (κ3) is 4.85. The number of amides is 3. The van der Waals surface area contributed by atoms with Gasteiger partial charge in [-0.2, -0.15) is 0 Å². The minimum atomic E-state index is -3.65. The maximum Gasteiger partial charge on any atom is 0.323 e. The van der Waals surface area contributed by atoms with Gasteiger partial charge in [0.1, 0.15) is 0 Å². The van der Waals surface area contributed by atoms with E-state index in [9.17, 15) is 18.0 Å². The molecule has 0 spiro atoms. The molecule has 0 bridgehead atoms. The largest absolute Gasteiger partial charge is 0.323 e. The average Bonchev–Trinajstić information content (AvgIpc) is 3.17. The second-order valence-electron chi connectivity index (χ2n) is 7.40. The first-order valence-electron chi connectivity index (χ1n) is 9.94. The zero-order chi connectivity index (χ0) is 23.6. The molecule has 2 aromatic carbocycles. The number of carbonyl (C=O) groups is 2. The summed E-state index contributed by atoms with van der Waals surface area (Å²) in [6.45, 7) is 1.80. The molecular weight excluding hydrogens is 442 g/mol. The highest BCUT2D eigenvalue weighted by Gasteiger charge is 2.23. The predicted molar refractivity (Wildman–Crippen MR) is 127 cm³/mol. The first-order chi connectivity index (χ1) is 15.7. The number of para-hydroxylation sites is 1. The van der Waals surface area contributed by atoms with Crippen LogP contribution >= 0.6 is 0 Å². The lowest BCUT2D eigenvalue weighted by atomic mass is 10.1. The molecule has 3 amide bonds. The quantitative estimate of drug-likeness (QED) is 0.414. The molecule has 33 heavy (non-hydrogen) atoms. The molecule has 168 valence electrons. The number of hydrogen-bond acceptors (Lipinski definition) is 5. The molecule has 3 N–H and O–H groups in total. The van der Waals surface area contributed by atoms with Crippen molar-refractivity contribution in [3.8, 4) is 0 Å². The van der Waals surface area contributed by atoms with Crippen molar-refractivity contribution in [3.05, 3.63) is 84.2 Å². The van der Waals surface area contributed by atoms with Crippen molar-refractivity contribution in [3.63, 3.8) is 0 Å². The number of nitrogens with zero attached hydrogens (tertiary/aromatic N) is 2. The van der Waals surface area contributed by atoms with Crippen molar-refractivity contribution < 1.29 is 18.0 Å². The van der Waals surface area contributed by atoms with Gasteiger partial charge in [-0.1, -0.05) is 30.3 Å². The standard InChI is InChI=1S/C23H21N5O4S/c1-15-11-12-17(25-22(30)24-16-8-4-3-5-9-16)14-18(15)26-21(29)20-19-10-6-7-13-28(19)23(27-20)33(2,31)32/h3-14H,1-2H3,(H,26,29)(H2,24,25,30). The van der Waals surface area contributed by atoms with Gasteiger partial charge in [-0.05, 0) is 48.9 Å². The van der Waals surface area contributed by atoms with Gasteiger partial charge in [0.2, 0.25) is 15.0 Å². The summed E-state index contributed by atoms with van der Waals surface area (Å²) in [5.41, 5.74) is 2.67. The number of aryl methyl sites for hydroxylation is 1. The molecule has 0 saturated heterocycles. The van der Waals surface area contributed by atoms with Gasteiger partial charge >= 0.3 is 6.03 Å². The third-order valence-corrected chi connectivity index (χ3v) is 5.79. The van der Waals surface area contributed by atoms with E-state index in [-0.39, 0.29) is 10.9 Å². The molecule has 0 atom stereocenters. The zero-order valence-electron chi connectivity index (χ0n) is 17.9. The fourth-order valence-corrected chi connectivity index (χ4v) is 4.04. The van der Waals surface area contributed by atoms with Crippen LogP contribution < -0.4 is 16.0 Å². The molecule has 0 aliphatic heterocycles. The van der Waals surface area contributed by atoms with E-state index in [4.69, 9.17) is 0 Å². The summed E-state index contributed by atoms with van der Waals surface area (Å²) in [6, 6.07) is 18.6. The van der Waals surface area contributed by atoms with Gasteiger partial charge in [-0.15, -0.1) is 0 Å². The van der Waals surface area contributed by atoms with Gasteiger partial charge in [-0.3, -0.25) is 9.20 Å². The first kappa shape index (κ1) is 22.0. The second kappa shape index (κ2) is 8.75. The lowest BCUT2D eigenvalue weighted by Gasteiger charge is -2.12. The maximum absolute atomic E-state index is 13.0. The Bertz CT molecular complexity index is 1460. The van der Waals surface area contributed by atoms with E-state index in [1.807, 2.05) is 18.2 Å². The van der Waals surface area contributed by atoms with Crippen molar-refractivity contribution in [2.75, 3.05) is 22.2 Å². The zero-order valence-corrected chi connectivity index (χ0v) is 18.7. The number of pyridine rings is 1. The van der Waals surface area contributed by atoms with Gasteiger partial charge < -0.3 is 16.0 Å². The lowest BCUT2D eigenvalue weighted by molar-refractivity contribution is 0.102. The Morgan fingerprint density at radius 1 is 0.879 bits per heavy atom. The average molecular weight is 464 g/mol. The van der Waals surface area contributed by atoms with Crippen LogP contribution in [0.25, 0.3) is 5.52 Å². The number of rotatable bonds is 5. The molecule has 0 saturated carbocycles. The molecule has 0 radical (unpaired) electrons. The summed E-state index contributed by atoms with van der Waals surface area (Å²) in [6.07, 6.45) is 2.58. The highest BCUT2D eigenvalue weighted by atomic mass is 32.2. The maximum atomic E-state index is 13.0. The number of sulfone groups is 1. The summed E-state index contributed by atoms with van der Waals surface area (Å²) < 4.78 is 25.6. The van der Waals surface area contributed by atoms with Gasteiger partial charge in [0.05, 0.1) is 5.52 Å². The van der Waals surface area contributed by atoms with E-state index in [0.29, 0.717) is 22.6 Å². The Labute approximate surface area is 190 Å². The molecule has 4 rings (SSSR count). The molecular formula is C23H21N5O4S. The molecule has 0 aliphatic rings. The summed E-state index contributed by atoms with van der Waals surface area (Å²) >= 11 is 0.